The number of hydrogen-bond donors (Lipinski definition) is 0. The second-order valence-electron chi connectivity index (χ2n) is 8.91. The second kappa shape index (κ2) is 9.88. The van der Waals surface area contributed by atoms with Crippen molar-refractivity contribution >= 4 is 46.0 Å². The van der Waals surface area contributed by atoms with Crippen LogP contribution in [0.25, 0.3) is 27.8 Å². The molecule has 3 aromatic carbocycles. The molecule has 1 amide bonds. The van der Waals surface area contributed by atoms with Crippen LogP contribution in [0, 0.1) is 0 Å². The number of halogens is 2. The Morgan fingerprint density at radius 1 is 0.811 bits per heavy atom. The monoisotopic (exact) mass is 527 g/mol. The van der Waals surface area contributed by atoms with Gasteiger partial charge in [-0.1, -0.05) is 71.7 Å². The number of hydrogen-bond acceptors (Lipinski definition) is 4. The molecule has 0 atom stereocenters. The summed E-state index contributed by atoms with van der Waals surface area (Å²) in [6.07, 6.45) is 3.70. The van der Waals surface area contributed by atoms with Gasteiger partial charge in [0.05, 0.1) is 16.0 Å². The highest BCUT2D eigenvalue weighted by Gasteiger charge is 2.27. The zero-order chi connectivity index (χ0) is 25.4. The van der Waals surface area contributed by atoms with E-state index in [1.165, 1.54) is 0 Å². The first-order valence-electron chi connectivity index (χ1n) is 12.1. The molecule has 0 bridgehead atoms. The number of anilines is 1. The summed E-state index contributed by atoms with van der Waals surface area (Å²) >= 11 is 12.6. The van der Waals surface area contributed by atoms with Crippen LogP contribution in [0.3, 0.4) is 0 Å². The maximum atomic E-state index is 13.1. The van der Waals surface area contributed by atoms with Gasteiger partial charge in [-0.2, -0.15) is 0 Å². The van der Waals surface area contributed by atoms with Crippen molar-refractivity contribution in [2.75, 3.05) is 31.1 Å². The maximum Gasteiger partial charge on any atom is 0.255 e. The lowest BCUT2D eigenvalue weighted by molar-refractivity contribution is 0.0747. The quantitative estimate of drug-likeness (QED) is 0.273. The molecule has 0 radical (unpaired) electrons. The predicted molar refractivity (Wildman–Crippen MR) is 149 cm³/mol. The molecule has 0 aliphatic carbocycles. The lowest BCUT2D eigenvalue weighted by Gasteiger charge is -2.35. The number of piperazine rings is 1. The zero-order valence-corrected chi connectivity index (χ0v) is 21.4. The molecule has 3 heterocycles. The average Bonchev–Trinajstić information content (AvgIpc) is 3.34. The number of fused-ring (bicyclic) bond motifs is 1. The molecule has 1 aliphatic rings. The van der Waals surface area contributed by atoms with Crippen molar-refractivity contribution in [3.05, 3.63) is 107 Å². The fourth-order valence-corrected chi connectivity index (χ4v) is 5.27. The predicted octanol–water partition coefficient (Wildman–Crippen LogP) is 6.36. The Bertz CT molecular complexity index is 1590. The first-order valence-corrected chi connectivity index (χ1v) is 12.8. The van der Waals surface area contributed by atoms with Gasteiger partial charge >= 0.3 is 0 Å². The first kappa shape index (κ1) is 23.5. The highest BCUT2D eigenvalue weighted by Crippen LogP contribution is 2.37. The molecule has 8 heteroatoms. The van der Waals surface area contributed by atoms with Crippen molar-refractivity contribution in [2.24, 2.45) is 0 Å². The van der Waals surface area contributed by atoms with E-state index in [1.807, 2.05) is 59.5 Å². The molecule has 1 aliphatic heterocycles. The number of aromatic nitrogens is 3. The molecule has 184 valence electrons. The van der Waals surface area contributed by atoms with Gasteiger partial charge in [0.25, 0.3) is 5.91 Å². The van der Waals surface area contributed by atoms with Gasteiger partial charge in [0.1, 0.15) is 12.1 Å². The van der Waals surface area contributed by atoms with Crippen molar-refractivity contribution in [2.45, 2.75) is 0 Å². The molecule has 5 aromatic rings. The van der Waals surface area contributed by atoms with E-state index in [0.717, 1.165) is 33.7 Å². The third-order valence-corrected chi connectivity index (χ3v) is 7.27. The van der Waals surface area contributed by atoms with Crippen LogP contribution in [-0.4, -0.2) is 51.5 Å². The SMILES string of the molecule is O=C(c1ccccc1Cl)N1CCN(c2ncnc3c2c(-c2ccccc2)cn3-c2cccc(Cl)c2)CC1. The Morgan fingerprint density at radius 3 is 2.32 bits per heavy atom. The first-order chi connectivity index (χ1) is 18.1. The molecule has 6 nitrogen and oxygen atoms in total. The number of rotatable bonds is 4. The summed E-state index contributed by atoms with van der Waals surface area (Å²) in [5.74, 6) is 0.810. The fraction of sp³-hybridized carbons (Fsp3) is 0.138. The van der Waals surface area contributed by atoms with E-state index in [4.69, 9.17) is 28.2 Å². The van der Waals surface area contributed by atoms with E-state index in [1.54, 1.807) is 18.5 Å². The molecule has 6 rings (SSSR count). The smallest absolute Gasteiger partial charge is 0.255 e. The fourth-order valence-electron chi connectivity index (χ4n) is 4.87. The lowest BCUT2D eigenvalue weighted by Crippen LogP contribution is -2.49. The summed E-state index contributed by atoms with van der Waals surface area (Å²) in [5, 5.41) is 2.11. The van der Waals surface area contributed by atoms with Gasteiger partial charge < -0.3 is 14.4 Å². The van der Waals surface area contributed by atoms with E-state index >= 15 is 0 Å². The van der Waals surface area contributed by atoms with Gasteiger partial charge in [0.15, 0.2) is 5.65 Å². The van der Waals surface area contributed by atoms with E-state index < -0.39 is 0 Å². The van der Waals surface area contributed by atoms with Crippen molar-refractivity contribution < 1.29 is 4.79 Å². The largest absolute Gasteiger partial charge is 0.352 e. The van der Waals surface area contributed by atoms with E-state index in [-0.39, 0.29) is 5.91 Å². The molecule has 1 fully saturated rings. The second-order valence-corrected chi connectivity index (χ2v) is 9.76. The number of carbonyl (C=O) groups excluding carboxylic acids is 1. The van der Waals surface area contributed by atoms with Crippen LogP contribution >= 0.6 is 23.2 Å². The van der Waals surface area contributed by atoms with Crippen LogP contribution in [0.15, 0.2) is 91.4 Å². The lowest BCUT2D eigenvalue weighted by atomic mass is 10.1. The van der Waals surface area contributed by atoms with Crippen molar-refractivity contribution in [1.82, 2.24) is 19.4 Å². The molecular formula is C29H23Cl2N5O. The number of nitrogens with zero attached hydrogens (tertiary/aromatic N) is 5. The summed E-state index contributed by atoms with van der Waals surface area (Å²) in [7, 11) is 0. The summed E-state index contributed by atoms with van der Waals surface area (Å²) in [4.78, 5) is 26.6. The Kier molecular flexibility index (Phi) is 6.28. The highest BCUT2D eigenvalue weighted by atomic mass is 35.5. The summed E-state index contributed by atoms with van der Waals surface area (Å²) < 4.78 is 2.06. The molecular weight excluding hydrogens is 505 g/mol. The van der Waals surface area contributed by atoms with Crippen LogP contribution in [0.2, 0.25) is 10.0 Å². The van der Waals surface area contributed by atoms with Gasteiger partial charge in [-0.15, -0.1) is 0 Å². The maximum absolute atomic E-state index is 13.1. The minimum absolute atomic E-state index is 0.0461. The number of carbonyl (C=O) groups is 1. The topological polar surface area (TPSA) is 54.3 Å². The molecule has 37 heavy (non-hydrogen) atoms. The van der Waals surface area contributed by atoms with Gasteiger partial charge in [0.2, 0.25) is 0 Å². The minimum atomic E-state index is -0.0461. The molecule has 0 spiro atoms. The highest BCUT2D eigenvalue weighted by molar-refractivity contribution is 6.33. The van der Waals surface area contributed by atoms with E-state index in [0.29, 0.717) is 41.8 Å². The van der Waals surface area contributed by atoms with Gasteiger partial charge in [-0.05, 0) is 35.9 Å². The molecule has 0 saturated carbocycles. The third-order valence-electron chi connectivity index (χ3n) is 6.70. The average molecular weight is 528 g/mol. The summed E-state index contributed by atoms with van der Waals surface area (Å²) in [5.41, 5.74) is 4.39. The van der Waals surface area contributed by atoms with E-state index in [9.17, 15) is 4.79 Å². The van der Waals surface area contributed by atoms with Crippen molar-refractivity contribution in [3.63, 3.8) is 0 Å². The Morgan fingerprint density at radius 2 is 1.57 bits per heavy atom. The standard InChI is InChI=1S/C29H23Cl2N5O/c30-21-9-6-10-22(17-21)36-18-24(20-7-2-1-3-8-20)26-27(32-19-33-28(26)36)34-13-15-35(16-14-34)29(37)23-11-4-5-12-25(23)31/h1-12,17-19H,13-16H2. The van der Waals surface area contributed by atoms with Gasteiger partial charge in [-0.25, -0.2) is 9.97 Å². The molecule has 2 aromatic heterocycles. The van der Waals surface area contributed by atoms with Gasteiger partial charge in [-0.3, -0.25) is 4.79 Å². The molecule has 0 N–H and O–H groups in total. The third kappa shape index (κ3) is 4.43. The Labute approximate surface area is 224 Å². The van der Waals surface area contributed by atoms with Crippen LogP contribution in [-0.2, 0) is 0 Å². The van der Waals surface area contributed by atoms with Crippen molar-refractivity contribution in [1.29, 1.82) is 0 Å². The molecule has 0 unspecified atom stereocenters. The molecule has 1 saturated heterocycles. The Hall–Kier alpha value is -3.87. The van der Waals surface area contributed by atoms with Gasteiger partial charge in [0, 0.05) is 48.6 Å². The normalized spacial score (nSPS) is 13.8. The summed E-state index contributed by atoms with van der Waals surface area (Å²) in [6, 6.07) is 25.2. The number of benzene rings is 3. The zero-order valence-electron chi connectivity index (χ0n) is 19.9. The van der Waals surface area contributed by atoms with Crippen LogP contribution in [0.1, 0.15) is 10.4 Å². The van der Waals surface area contributed by atoms with Crippen LogP contribution in [0.4, 0.5) is 5.82 Å². The van der Waals surface area contributed by atoms with Crippen molar-refractivity contribution in [3.8, 4) is 16.8 Å². The van der Waals surface area contributed by atoms with Crippen LogP contribution < -0.4 is 4.90 Å². The minimum Gasteiger partial charge on any atom is -0.352 e. The summed E-state index contributed by atoms with van der Waals surface area (Å²) in [6.45, 7) is 2.45. The number of amides is 1. The van der Waals surface area contributed by atoms with Crippen LogP contribution in [0.5, 0.6) is 0 Å². The Balaban J connectivity index is 1.38. The van der Waals surface area contributed by atoms with E-state index in [2.05, 4.69) is 32.8 Å².